The number of rotatable bonds is 33. The maximum absolute atomic E-state index is 12.2. The molecular formula is C49H78F3N5O3S. The van der Waals surface area contributed by atoms with Crippen molar-refractivity contribution < 1.29 is 27.8 Å². The van der Waals surface area contributed by atoms with Crippen molar-refractivity contribution in [3.63, 3.8) is 0 Å². The molecule has 0 saturated heterocycles. The Morgan fingerprint density at radius 2 is 1.38 bits per heavy atom. The second kappa shape index (κ2) is 30.6. The molecule has 0 atom stereocenters. The summed E-state index contributed by atoms with van der Waals surface area (Å²) in [5.41, 5.74) is 4.25. The molecule has 0 fully saturated rings. The first-order chi connectivity index (χ1) is 29.5. The number of carboxylic acid groups (broad SMARTS) is 1. The van der Waals surface area contributed by atoms with Crippen LogP contribution in [0.15, 0.2) is 36.4 Å². The third kappa shape index (κ3) is 22.5. The van der Waals surface area contributed by atoms with E-state index in [0.29, 0.717) is 13.0 Å². The molecule has 0 aliphatic heterocycles. The minimum absolute atomic E-state index is 0.211. The smallest absolute Gasteiger partial charge is 0.389 e. The van der Waals surface area contributed by atoms with Crippen LogP contribution in [0.2, 0.25) is 0 Å². The van der Waals surface area contributed by atoms with E-state index < -0.39 is 18.6 Å². The standard InChI is InChI=1S/C37H51F3N4O3S.C12H27N/c1-27(2)44-32-22-19-28(17-13-9-5-3-6-10-14-18-34(45)46)25-31(32)41-35(44)43-36-42-30-21-20-29(26-33(30)48-36)47-24-16-12-8-4-7-11-15-23-37(38,39)40;1-3-5-6-7-8-9-10-11-12-13-4-2/h19-22,25-27H,3-18,23-24H2,1-2H3,(H,45,46)(H,41,42,43);13H,3-12H2,1-2H3. The number of halogens is 3. The van der Waals surface area contributed by atoms with E-state index in [2.05, 4.69) is 61.1 Å². The Labute approximate surface area is 369 Å². The molecule has 0 amide bonds. The number of aromatic nitrogens is 3. The minimum atomic E-state index is -4.04. The molecule has 4 rings (SSSR count). The molecule has 0 bridgehead atoms. The van der Waals surface area contributed by atoms with Crippen LogP contribution < -0.4 is 15.4 Å². The molecule has 2 aromatic carbocycles. The van der Waals surface area contributed by atoms with Gasteiger partial charge in [0.2, 0.25) is 5.95 Å². The van der Waals surface area contributed by atoms with E-state index in [0.717, 1.165) is 115 Å². The summed E-state index contributed by atoms with van der Waals surface area (Å²) in [6, 6.07) is 12.7. The van der Waals surface area contributed by atoms with E-state index in [1.807, 2.05) is 18.2 Å². The highest BCUT2D eigenvalue weighted by molar-refractivity contribution is 7.22. The molecule has 3 N–H and O–H groups in total. The monoisotopic (exact) mass is 874 g/mol. The number of anilines is 2. The van der Waals surface area contributed by atoms with Gasteiger partial charge in [-0.15, -0.1) is 0 Å². The van der Waals surface area contributed by atoms with Gasteiger partial charge in [-0.05, 0) is 101 Å². The van der Waals surface area contributed by atoms with Crippen molar-refractivity contribution in [2.45, 2.75) is 200 Å². The lowest BCUT2D eigenvalue weighted by Crippen LogP contribution is -2.13. The Hall–Kier alpha value is -3.38. The average Bonchev–Trinajstić information content (AvgIpc) is 3.79. The molecule has 0 saturated carbocycles. The van der Waals surface area contributed by atoms with E-state index in [-0.39, 0.29) is 18.9 Å². The summed E-state index contributed by atoms with van der Waals surface area (Å²) >= 11 is 1.57. The number of carbonyl (C=O) groups is 1. The van der Waals surface area contributed by atoms with Crippen molar-refractivity contribution in [1.82, 2.24) is 19.9 Å². The molecular weight excluding hydrogens is 796 g/mol. The highest BCUT2D eigenvalue weighted by atomic mass is 32.1. The molecule has 0 aliphatic rings. The number of carboxylic acids is 1. The van der Waals surface area contributed by atoms with Crippen molar-refractivity contribution >= 4 is 49.6 Å². The number of aliphatic carboxylic acids is 1. The number of hydrogen-bond acceptors (Lipinski definition) is 7. The van der Waals surface area contributed by atoms with Gasteiger partial charge in [0.1, 0.15) is 5.75 Å². The van der Waals surface area contributed by atoms with Crippen LogP contribution >= 0.6 is 11.3 Å². The van der Waals surface area contributed by atoms with Crippen molar-refractivity contribution in [1.29, 1.82) is 0 Å². The Balaban J connectivity index is 0.000000657. The predicted molar refractivity (Wildman–Crippen MR) is 251 cm³/mol. The summed E-state index contributed by atoms with van der Waals surface area (Å²) in [6.07, 6.45) is 21.1. The number of aryl methyl sites for hydroxylation is 1. The van der Waals surface area contributed by atoms with Gasteiger partial charge < -0.3 is 25.0 Å². The molecule has 8 nitrogen and oxygen atoms in total. The van der Waals surface area contributed by atoms with E-state index in [4.69, 9.17) is 19.8 Å². The van der Waals surface area contributed by atoms with Crippen LogP contribution in [0.1, 0.15) is 193 Å². The fourth-order valence-electron chi connectivity index (χ4n) is 7.61. The van der Waals surface area contributed by atoms with Crippen LogP contribution in [0.5, 0.6) is 5.75 Å². The molecule has 2 aromatic heterocycles. The molecule has 4 aromatic rings. The van der Waals surface area contributed by atoms with E-state index in [1.54, 1.807) is 11.3 Å². The SMILES string of the molecule is CC(C)n1c(Nc2nc3ccc(OCCCCCCCCCC(F)(F)F)cc3s2)nc2cc(CCCCCCCCCC(=O)O)ccc21.CCCCCCCCCCNCC. The van der Waals surface area contributed by atoms with Gasteiger partial charge in [0, 0.05) is 18.9 Å². The summed E-state index contributed by atoms with van der Waals surface area (Å²) in [5.74, 6) is 0.879. The summed E-state index contributed by atoms with van der Waals surface area (Å²) in [7, 11) is 0. The van der Waals surface area contributed by atoms with Crippen molar-refractivity contribution in [2.75, 3.05) is 25.0 Å². The lowest BCUT2D eigenvalue weighted by Gasteiger charge is -2.13. The number of fused-ring (bicyclic) bond motifs is 2. The van der Waals surface area contributed by atoms with Gasteiger partial charge in [0.05, 0.1) is 27.9 Å². The van der Waals surface area contributed by atoms with Crippen molar-refractivity contribution in [3.8, 4) is 5.75 Å². The normalized spacial score (nSPS) is 11.7. The van der Waals surface area contributed by atoms with Crippen LogP contribution in [0, 0.1) is 0 Å². The molecule has 344 valence electrons. The van der Waals surface area contributed by atoms with Gasteiger partial charge in [-0.25, -0.2) is 9.97 Å². The van der Waals surface area contributed by atoms with Crippen LogP contribution in [-0.4, -0.2) is 51.5 Å². The number of nitrogens with one attached hydrogen (secondary N) is 2. The number of thiazole rings is 1. The van der Waals surface area contributed by atoms with Crippen LogP contribution in [0.25, 0.3) is 21.3 Å². The average molecular weight is 874 g/mol. The van der Waals surface area contributed by atoms with E-state index in [1.165, 1.54) is 76.3 Å². The number of unbranched alkanes of at least 4 members (excludes halogenated alkanes) is 19. The summed E-state index contributed by atoms with van der Waals surface area (Å²) in [4.78, 5) is 20.4. The second-order valence-corrected chi connectivity index (χ2v) is 17.9. The summed E-state index contributed by atoms with van der Waals surface area (Å²) < 4.78 is 45.9. The number of ether oxygens (including phenoxy) is 1. The van der Waals surface area contributed by atoms with Crippen LogP contribution in [0.4, 0.5) is 24.3 Å². The fourth-order valence-corrected chi connectivity index (χ4v) is 8.49. The molecule has 2 heterocycles. The fraction of sp³-hybridized carbons (Fsp3) is 0.694. The highest BCUT2D eigenvalue weighted by Gasteiger charge is 2.25. The lowest BCUT2D eigenvalue weighted by molar-refractivity contribution is -0.137. The Bertz CT molecular complexity index is 1750. The third-order valence-corrected chi connectivity index (χ3v) is 12.0. The van der Waals surface area contributed by atoms with Crippen molar-refractivity contribution in [2.24, 2.45) is 0 Å². The Kier molecular flexibility index (Phi) is 26.1. The maximum Gasteiger partial charge on any atom is 0.389 e. The van der Waals surface area contributed by atoms with Gasteiger partial charge in [-0.1, -0.05) is 140 Å². The highest BCUT2D eigenvalue weighted by Crippen LogP contribution is 2.33. The summed E-state index contributed by atoms with van der Waals surface area (Å²) in [5, 5.41) is 16.4. The molecule has 0 spiro atoms. The first-order valence-corrected chi connectivity index (χ1v) is 24.6. The zero-order valence-corrected chi connectivity index (χ0v) is 38.8. The number of nitrogens with zero attached hydrogens (tertiary/aromatic N) is 3. The minimum Gasteiger partial charge on any atom is -0.494 e. The second-order valence-electron chi connectivity index (χ2n) is 16.9. The zero-order valence-electron chi connectivity index (χ0n) is 38.0. The molecule has 0 aliphatic carbocycles. The van der Waals surface area contributed by atoms with Crippen molar-refractivity contribution in [3.05, 3.63) is 42.0 Å². The topological polar surface area (TPSA) is 101 Å². The first-order valence-electron chi connectivity index (χ1n) is 23.8. The number of benzene rings is 2. The zero-order chi connectivity index (χ0) is 44.1. The lowest BCUT2D eigenvalue weighted by atomic mass is 10.0. The number of alkyl halides is 3. The predicted octanol–water partition coefficient (Wildman–Crippen LogP) is 15.5. The molecule has 12 heteroatoms. The van der Waals surface area contributed by atoms with E-state index in [9.17, 15) is 18.0 Å². The van der Waals surface area contributed by atoms with Crippen LogP contribution in [-0.2, 0) is 11.2 Å². The van der Waals surface area contributed by atoms with Gasteiger partial charge >= 0.3 is 12.1 Å². The summed E-state index contributed by atoms with van der Waals surface area (Å²) in [6.45, 7) is 11.7. The number of hydrogen-bond donors (Lipinski definition) is 3. The maximum atomic E-state index is 12.2. The van der Waals surface area contributed by atoms with Gasteiger partial charge in [-0.3, -0.25) is 4.79 Å². The molecule has 61 heavy (non-hydrogen) atoms. The quantitative estimate of drug-likeness (QED) is 0.0410. The van der Waals surface area contributed by atoms with Crippen LogP contribution in [0.3, 0.4) is 0 Å². The largest absolute Gasteiger partial charge is 0.494 e. The van der Waals surface area contributed by atoms with E-state index >= 15 is 0 Å². The van der Waals surface area contributed by atoms with Gasteiger partial charge in [-0.2, -0.15) is 13.2 Å². The van der Waals surface area contributed by atoms with Gasteiger partial charge in [0.25, 0.3) is 0 Å². The van der Waals surface area contributed by atoms with Gasteiger partial charge in [0.15, 0.2) is 5.13 Å². The molecule has 0 unspecified atom stereocenters. The molecule has 0 radical (unpaired) electrons. The Morgan fingerprint density at radius 3 is 2.02 bits per heavy atom. The first kappa shape index (κ1) is 52.0. The number of imidazole rings is 1. The Morgan fingerprint density at radius 1 is 0.754 bits per heavy atom. The third-order valence-electron chi connectivity index (χ3n) is 11.0.